The van der Waals surface area contributed by atoms with E-state index in [1.807, 2.05) is 6.92 Å². The second-order valence-electron chi connectivity index (χ2n) is 8.46. The Hall–Kier alpha value is -1.88. The number of ether oxygens (including phenoxy) is 3. The zero-order chi connectivity index (χ0) is 20.5. The molecule has 2 saturated heterocycles. The maximum absolute atomic E-state index is 12.8. The normalized spacial score (nSPS) is 40.0. The zero-order valence-corrected chi connectivity index (χ0v) is 17.5. The van der Waals surface area contributed by atoms with Gasteiger partial charge in [0.15, 0.2) is 0 Å². The molecule has 0 bridgehead atoms. The summed E-state index contributed by atoms with van der Waals surface area (Å²) in [6.07, 6.45) is 8.18. The molecule has 28 heavy (non-hydrogen) atoms. The molecule has 3 aliphatic rings. The lowest BCUT2D eigenvalue weighted by Gasteiger charge is -2.26. The Morgan fingerprint density at radius 2 is 2.07 bits per heavy atom. The van der Waals surface area contributed by atoms with Crippen LogP contribution < -0.4 is 0 Å². The molecule has 0 saturated carbocycles. The van der Waals surface area contributed by atoms with E-state index in [9.17, 15) is 9.59 Å². The molecule has 0 unspecified atom stereocenters. The largest absolute Gasteiger partial charge is 0.465 e. The van der Waals surface area contributed by atoms with Crippen molar-refractivity contribution in [2.45, 2.75) is 77.6 Å². The summed E-state index contributed by atoms with van der Waals surface area (Å²) >= 11 is 0. The van der Waals surface area contributed by atoms with Crippen molar-refractivity contribution < 1.29 is 23.8 Å². The van der Waals surface area contributed by atoms with Gasteiger partial charge in [0.1, 0.15) is 12.0 Å². The van der Waals surface area contributed by atoms with Crippen LogP contribution in [0, 0.1) is 11.8 Å². The van der Waals surface area contributed by atoms with Gasteiger partial charge in [-0.25, -0.2) is 4.79 Å². The molecule has 0 radical (unpaired) electrons. The Morgan fingerprint density at radius 1 is 1.32 bits per heavy atom. The van der Waals surface area contributed by atoms with Gasteiger partial charge in [-0.2, -0.15) is 0 Å². The van der Waals surface area contributed by atoms with Gasteiger partial charge in [-0.1, -0.05) is 29.9 Å². The highest BCUT2D eigenvalue weighted by molar-refractivity contribution is 5.92. The van der Waals surface area contributed by atoms with E-state index in [1.54, 1.807) is 6.92 Å². The fourth-order valence-corrected chi connectivity index (χ4v) is 4.42. The van der Waals surface area contributed by atoms with Crippen LogP contribution >= 0.6 is 0 Å². The summed E-state index contributed by atoms with van der Waals surface area (Å²) in [6.45, 7) is 12.2. The Labute approximate surface area is 167 Å². The number of allylic oxidation sites excluding steroid dienone is 3. The predicted octanol–water partition coefficient (Wildman–Crippen LogP) is 4.28. The third-order valence-corrected chi connectivity index (χ3v) is 6.35. The van der Waals surface area contributed by atoms with E-state index in [0.29, 0.717) is 18.6 Å². The highest BCUT2D eigenvalue weighted by Crippen LogP contribution is 2.48. The van der Waals surface area contributed by atoms with Crippen LogP contribution in [0.1, 0.15) is 59.8 Å². The smallest absolute Gasteiger partial charge is 0.334 e. The topological polar surface area (TPSA) is 65.1 Å². The first kappa shape index (κ1) is 20.8. The van der Waals surface area contributed by atoms with Gasteiger partial charge in [-0.05, 0) is 59.8 Å². The second-order valence-corrected chi connectivity index (χ2v) is 8.46. The molecule has 0 aromatic carbocycles. The van der Waals surface area contributed by atoms with Crippen LogP contribution in [0.5, 0.6) is 0 Å². The van der Waals surface area contributed by atoms with Gasteiger partial charge < -0.3 is 14.2 Å². The Balaban J connectivity index is 1.94. The van der Waals surface area contributed by atoms with Gasteiger partial charge in [-0.3, -0.25) is 4.79 Å². The van der Waals surface area contributed by atoms with E-state index >= 15 is 0 Å². The maximum Gasteiger partial charge on any atom is 0.334 e. The molecule has 2 fully saturated rings. The average molecular weight is 389 g/mol. The fraction of sp³-hybridized carbons (Fsp3) is 0.652. The quantitative estimate of drug-likeness (QED) is 0.306. The van der Waals surface area contributed by atoms with Crippen LogP contribution in [0.25, 0.3) is 0 Å². The first-order valence-electron chi connectivity index (χ1n) is 10.3. The number of hydrogen-bond acceptors (Lipinski definition) is 5. The maximum atomic E-state index is 12.8. The molecule has 2 aliphatic heterocycles. The molecule has 154 valence electrons. The minimum Gasteiger partial charge on any atom is -0.465 e. The van der Waals surface area contributed by atoms with Gasteiger partial charge in [0.05, 0.1) is 18.3 Å². The molecular weight excluding hydrogens is 356 g/mol. The monoisotopic (exact) mass is 388 g/mol. The Kier molecular flexibility index (Phi) is 6.13. The van der Waals surface area contributed by atoms with Crippen molar-refractivity contribution in [2.75, 3.05) is 6.61 Å². The van der Waals surface area contributed by atoms with Crippen LogP contribution in [-0.2, 0) is 23.8 Å². The Bertz CT molecular complexity index is 719. The molecule has 0 aromatic rings. The minimum absolute atomic E-state index is 0.0510. The zero-order valence-electron chi connectivity index (χ0n) is 17.5. The van der Waals surface area contributed by atoms with Crippen molar-refractivity contribution in [3.63, 3.8) is 0 Å². The lowest BCUT2D eigenvalue weighted by molar-refractivity contribution is -0.154. The molecule has 5 heteroatoms. The standard InChI is InChI=1S/C23H32O5/c1-6-26-22(25)19-15(3)11-7-9-14(2)10-8-12-23(5)18(28-23)13-17-16(4)21(24)27-20(17)19/h10-11,17-20H,4,6-9,12-13H2,1-3,5H3/b14-10+,15-11+/t17-,18-,19+,20-,23-/m1/s1. The number of epoxide rings is 1. The predicted molar refractivity (Wildman–Crippen MR) is 107 cm³/mol. The summed E-state index contributed by atoms with van der Waals surface area (Å²) in [7, 11) is 0. The molecule has 2 heterocycles. The third-order valence-electron chi connectivity index (χ3n) is 6.35. The summed E-state index contributed by atoms with van der Waals surface area (Å²) < 4.78 is 17.0. The van der Waals surface area contributed by atoms with Gasteiger partial charge >= 0.3 is 11.9 Å². The van der Waals surface area contributed by atoms with Crippen LogP contribution in [0.4, 0.5) is 0 Å². The summed E-state index contributed by atoms with van der Waals surface area (Å²) in [5.74, 6) is -1.60. The van der Waals surface area contributed by atoms with Crippen LogP contribution in [-0.4, -0.2) is 36.4 Å². The average Bonchev–Trinajstić information content (AvgIpc) is 3.18. The van der Waals surface area contributed by atoms with Crippen LogP contribution in [0.3, 0.4) is 0 Å². The van der Waals surface area contributed by atoms with E-state index in [0.717, 1.165) is 31.3 Å². The number of carbonyl (C=O) groups is 2. The molecule has 0 N–H and O–H groups in total. The van der Waals surface area contributed by atoms with Crippen molar-refractivity contribution in [2.24, 2.45) is 11.8 Å². The summed E-state index contributed by atoms with van der Waals surface area (Å²) in [4.78, 5) is 25.1. The molecule has 0 spiro atoms. The molecular formula is C23H32O5. The molecule has 1 aliphatic carbocycles. The highest BCUT2D eigenvalue weighted by Gasteiger charge is 2.56. The van der Waals surface area contributed by atoms with Crippen molar-refractivity contribution in [1.82, 2.24) is 0 Å². The molecule has 3 rings (SSSR count). The third kappa shape index (κ3) is 4.24. The van der Waals surface area contributed by atoms with Crippen LogP contribution in [0.15, 0.2) is 35.5 Å². The van der Waals surface area contributed by atoms with E-state index < -0.39 is 18.0 Å². The number of fused-ring (bicyclic) bond motifs is 2. The summed E-state index contributed by atoms with van der Waals surface area (Å²) in [6, 6.07) is 0. The number of hydrogen-bond donors (Lipinski definition) is 0. The fourth-order valence-electron chi connectivity index (χ4n) is 4.42. The van der Waals surface area contributed by atoms with Crippen molar-refractivity contribution >= 4 is 11.9 Å². The summed E-state index contributed by atoms with van der Waals surface area (Å²) in [5.41, 5.74) is 2.49. The van der Waals surface area contributed by atoms with Gasteiger partial charge in [-0.15, -0.1) is 0 Å². The lowest BCUT2D eigenvalue weighted by atomic mass is 9.80. The van der Waals surface area contributed by atoms with Crippen molar-refractivity contribution in [3.05, 3.63) is 35.5 Å². The number of esters is 2. The first-order chi connectivity index (χ1) is 13.3. The lowest BCUT2D eigenvalue weighted by Crippen LogP contribution is -2.36. The molecule has 5 atom stereocenters. The number of rotatable bonds is 2. The van der Waals surface area contributed by atoms with E-state index in [1.165, 1.54) is 5.57 Å². The van der Waals surface area contributed by atoms with Gasteiger partial charge in [0, 0.05) is 11.5 Å². The minimum atomic E-state index is -0.606. The van der Waals surface area contributed by atoms with Crippen LogP contribution in [0.2, 0.25) is 0 Å². The number of carbonyl (C=O) groups excluding carboxylic acids is 2. The second kappa shape index (κ2) is 8.24. The molecule has 0 amide bonds. The molecule has 5 nitrogen and oxygen atoms in total. The SMILES string of the molecule is C=C1C(=O)O[C@@H]2[C@@H]1C[C@H]1O[C@]1(C)CC/C=C(\C)CC/C=C(\C)[C@@H]2C(=O)OCC. The first-order valence-corrected chi connectivity index (χ1v) is 10.3. The van der Waals surface area contributed by atoms with E-state index in [2.05, 4.69) is 32.6 Å². The van der Waals surface area contributed by atoms with E-state index in [-0.39, 0.29) is 23.6 Å². The van der Waals surface area contributed by atoms with Crippen molar-refractivity contribution in [1.29, 1.82) is 0 Å². The van der Waals surface area contributed by atoms with Gasteiger partial charge in [0.25, 0.3) is 0 Å². The van der Waals surface area contributed by atoms with Crippen molar-refractivity contribution in [3.8, 4) is 0 Å². The summed E-state index contributed by atoms with van der Waals surface area (Å²) in [5, 5.41) is 0. The van der Waals surface area contributed by atoms with E-state index in [4.69, 9.17) is 14.2 Å². The molecule has 0 aromatic heterocycles. The van der Waals surface area contributed by atoms with Gasteiger partial charge in [0.2, 0.25) is 0 Å². The highest BCUT2D eigenvalue weighted by atomic mass is 16.6. The Morgan fingerprint density at radius 3 is 2.79 bits per heavy atom.